The van der Waals surface area contributed by atoms with E-state index in [4.69, 9.17) is 0 Å². The van der Waals surface area contributed by atoms with Crippen molar-refractivity contribution in [2.75, 3.05) is 0 Å². The third kappa shape index (κ3) is 3.42. The first kappa shape index (κ1) is 16.5. The summed E-state index contributed by atoms with van der Waals surface area (Å²) in [5.74, 6) is 0. The minimum Gasteiger partial charge on any atom is -0.194 e. The first-order chi connectivity index (χ1) is 11.3. The predicted molar refractivity (Wildman–Crippen MR) is 89.7 cm³/mol. The van der Waals surface area contributed by atoms with E-state index in [2.05, 4.69) is 29.7 Å². The monoisotopic (exact) mass is 330 g/mol. The molecule has 1 aromatic heterocycles. The van der Waals surface area contributed by atoms with Gasteiger partial charge in [-0.1, -0.05) is 24.3 Å². The summed E-state index contributed by atoms with van der Waals surface area (Å²) in [5, 5.41) is 1.02. The number of hydrogen-bond acceptors (Lipinski definition) is 0. The molecule has 0 amide bonds. The van der Waals surface area contributed by atoms with E-state index < -0.39 is 12.6 Å². The van der Waals surface area contributed by atoms with E-state index in [0.29, 0.717) is 5.56 Å². The topological polar surface area (TPSA) is 3.88 Å². The van der Waals surface area contributed by atoms with Crippen LogP contribution < -0.4 is 4.57 Å². The molecule has 0 saturated heterocycles. The molecule has 0 radical (unpaired) electrons. The van der Waals surface area contributed by atoms with Crippen molar-refractivity contribution in [1.29, 1.82) is 0 Å². The summed E-state index contributed by atoms with van der Waals surface area (Å²) in [6, 6.07) is 17.7. The van der Waals surface area contributed by atoms with E-state index in [1.807, 2.05) is 37.4 Å². The van der Waals surface area contributed by atoms with Crippen molar-refractivity contribution in [3.8, 4) is 11.3 Å². The number of nitrogens with zero attached hydrogens (tertiary/aromatic N) is 1. The summed E-state index contributed by atoms with van der Waals surface area (Å²) in [6.07, 6.45) is -4.91. The number of aromatic nitrogens is 1. The highest BCUT2D eigenvalue weighted by atomic mass is 19.4. The van der Waals surface area contributed by atoms with Crippen LogP contribution in [0.2, 0.25) is 0 Å². The van der Waals surface area contributed by atoms with Gasteiger partial charge in [0, 0.05) is 29.5 Å². The van der Waals surface area contributed by atoms with Crippen molar-refractivity contribution in [3.63, 3.8) is 0 Å². The Kier molecular flexibility index (Phi) is 4.31. The summed E-state index contributed by atoms with van der Waals surface area (Å²) in [5.41, 5.74) is 4.99. The van der Waals surface area contributed by atoms with Crippen LogP contribution in [0.15, 0.2) is 54.6 Å². The van der Waals surface area contributed by atoms with E-state index >= 15 is 0 Å². The van der Waals surface area contributed by atoms with Gasteiger partial charge in [-0.2, -0.15) is 17.7 Å². The highest BCUT2D eigenvalue weighted by Gasteiger charge is 2.26. The van der Waals surface area contributed by atoms with Crippen LogP contribution >= 0.6 is 0 Å². The number of pyridine rings is 1. The lowest BCUT2D eigenvalue weighted by Gasteiger charge is -2.09. The van der Waals surface area contributed by atoms with Crippen LogP contribution in [0, 0.1) is 6.92 Å². The van der Waals surface area contributed by atoms with Crippen molar-refractivity contribution in [3.05, 3.63) is 65.7 Å². The molecule has 0 atom stereocenters. The van der Waals surface area contributed by atoms with E-state index in [1.54, 1.807) is 6.07 Å². The lowest BCUT2D eigenvalue weighted by atomic mass is 10.0. The molecule has 3 aromatic rings. The van der Waals surface area contributed by atoms with E-state index in [9.17, 15) is 13.2 Å². The van der Waals surface area contributed by atoms with Gasteiger partial charge in [-0.15, -0.1) is 0 Å². The lowest BCUT2D eigenvalue weighted by Crippen LogP contribution is -2.32. The molecule has 0 aliphatic rings. The molecule has 2 aromatic carbocycles. The average molecular weight is 330 g/mol. The maximum absolute atomic E-state index is 12.5. The first-order valence-corrected chi connectivity index (χ1v) is 7.89. The maximum atomic E-state index is 12.5. The maximum Gasteiger partial charge on any atom is 0.389 e. The Bertz CT molecular complexity index is 882. The molecule has 124 valence electrons. The van der Waals surface area contributed by atoms with Crippen LogP contribution in [0.25, 0.3) is 22.2 Å². The zero-order valence-corrected chi connectivity index (χ0v) is 13.7. The largest absolute Gasteiger partial charge is 0.389 e. The van der Waals surface area contributed by atoms with Crippen LogP contribution in [0.4, 0.5) is 13.2 Å². The SMILES string of the molecule is Cc1ccccc1-c1ccc2ccc(CCC(F)(F)F)cc2[n+]1C. The second-order valence-electron chi connectivity index (χ2n) is 6.10. The molecule has 0 aliphatic heterocycles. The van der Waals surface area contributed by atoms with Crippen LogP contribution in [-0.4, -0.2) is 6.18 Å². The number of aryl methyl sites for hydroxylation is 3. The van der Waals surface area contributed by atoms with Gasteiger partial charge in [0.2, 0.25) is 11.2 Å². The van der Waals surface area contributed by atoms with Crippen LogP contribution in [0.5, 0.6) is 0 Å². The number of benzene rings is 2. The minimum atomic E-state index is -4.12. The van der Waals surface area contributed by atoms with Crippen molar-refractivity contribution < 1.29 is 17.7 Å². The molecule has 4 heteroatoms. The number of rotatable bonds is 3. The molecule has 1 heterocycles. The molecule has 0 aliphatic carbocycles. The molecule has 3 rings (SSSR count). The van der Waals surface area contributed by atoms with Crippen molar-refractivity contribution in [2.45, 2.75) is 25.9 Å². The van der Waals surface area contributed by atoms with E-state index in [0.717, 1.165) is 22.2 Å². The molecular formula is C20H19F3N+. The molecular weight excluding hydrogens is 311 g/mol. The lowest BCUT2D eigenvalue weighted by molar-refractivity contribution is -0.633. The van der Waals surface area contributed by atoms with Gasteiger partial charge in [-0.25, -0.2) is 0 Å². The van der Waals surface area contributed by atoms with Gasteiger partial charge >= 0.3 is 6.18 Å². The fraction of sp³-hybridized carbons (Fsp3) is 0.250. The van der Waals surface area contributed by atoms with Gasteiger partial charge in [0.1, 0.15) is 7.05 Å². The summed E-state index contributed by atoms with van der Waals surface area (Å²) >= 11 is 0. The molecule has 24 heavy (non-hydrogen) atoms. The standard InChI is InChI=1S/C20H19F3N/c1-14-5-3-4-6-17(14)18-10-9-16-8-7-15(11-12-20(21,22)23)13-19(16)24(18)2/h3-10,13H,11-12H2,1-2H3/q+1. The van der Waals surface area contributed by atoms with Gasteiger partial charge in [0.15, 0.2) is 0 Å². The Morgan fingerprint density at radius 1 is 0.958 bits per heavy atom. The Hall–Kier alpha value is -2.36. The van der Waals surface area contributed by atoms with Crippen LogP contribution in [0.3, 0.4) is 0 Å². The average Bonchev–Trinajstić information content (AvgIpc) is 2.54. The zero-order chi connectivity index (χ0) is 17.3. The predicted octanol–water partition coefficient (Wildman–Crippen LogP) is 5.13. The van der Waals surface area contributed by atoms with Crippen LogP contribution in [-0.2, 0) is 13.5 Å². The quantitative estimate of drug-likeness (QED) is 0.586. The third-order valence-electron chi connectivity index (χ3n) is 4.36. The van der Waals surface area contributed by atoms with E-state index in [1.165, 1.54) is 5.56 Å². The molecule has 0 fully saturated rings. The van der Waals surface area contributed by atoms with Crippen molar-refractivity contribution >= 4 is 10.9 Å². The second kappa shape index (κ2) is 6.27. The van der Waals surface area contributed by atoms with Crippen LogP contribution in [0.1, 0.15) is 17.5 Å². The highest BCUT2D eigenvalue weighted by molar-refractivity contribution is 5.78. The fourth-order valence-corrected chi connectivity index (χ4v) is 3.00. The Balaban J connectivity index is 2.05. The number of hydrogen-bond donors (Lipinski definition) is 0. The third-order valence-corrected chi connectivity index (χ3v) is 4.36. The molecule has 0 bridgehead atoms. The second-order valence-corrected chi connectivity index (χ2v) is 6.10. The molecule has 1 nitrogen and oxygen atoms in total. The minimum absolute atomic E-state index is 0.00797. The van der Waals surface area contributed by atoms with Gasteiger partial charge in [0.25, 0.3) is 0 Å². The molecule has 0 N–H and O–H groups in total. The van der Waals surface area contributed by atoms with E-state index in [-0.39, 0.29) is 6.42 Å². The number of halogens is 3. The number of alkyl halides is 3. The molecule has 0 saturated carbocycles. The number of fused-ring (bicyclic) bond motifs is 1. The highest BCUT2D eigenvalue weighted by Crippen LogP contribution is 2.25. The van der Waals surface area contributed by atoms with Crippen molar-refractivity contribution in [1.82, 2.24) is 0 Å². The first-order valence-electron chi connectivity index (χ1n) is 7.89. The van der Waals surface area contributed by atoms with Gasteiger partial charge in [0.05, 0.1) is 0 Å². The zero-order valence-electron chi connectivity index (χ0n) is 13.7. The van der Waals surface area contributed by atoms with Gasteiger partial charge < -0.3 is 0 Å². The summed E-state index contributed by atoms with van der Waals surface area (Å²) < 4.78 is 39.4. The van der Waals surface area contributed by atoms with Crippen molar-refractivity contribution in [2.24, 2.45) is 7.05 Å². The Morgan fingerprint density at radius 3 is 2.38 bits per heavy atom. The molecule has 0 unspecified atom stereocenters. The Labute approximate surface area is 139 Å². The summed E-state index contributed by atoms with van der Waals surface area (Å²) in [6.45, 7) is 2.05. The summed E-state index contributed by atoms with van der Waals surface area (Å²) in [7, 11) is 1.96. The summed E-state index contributed by atoms with van der Waals surface area (Å²) in [4.78, 5) is 0. The van der Waals surface area contributed by atoms with Gasteiger partial charge in [-0.3, -0.25) is 0 Å². The normalized spacial score (nSPS) is 11.9. The smallest absolute Gasteiger partial charge is 0.194 e. The Morgan fingerprint density at radius 2 is 1.67 bits per heavy atom. The van der Waals surface area contributed by atoms with Gasteiger partial charge in [-0.05, 0) is 42.7 Å². The fourth-order valence-electron chi connectivity index (χ4n) is 3.00. The molecule has 0 spiro atoms.